The summed E-state index contributed by atoms with van der Waals surface area (Å²) in [7, 11) is 0. The van der Waals surface area contributed by atoms with E-state index in [1.165, 1.54) is 0 Å². The number of alkyl halides is 1. The van der Waals surface area contributed by atoms with Gasteiger partial charge in [0.2, 0.25) is 5.82 Å². The molecule has 0 aliphatic rings. The quantitative estimate of drug-likeness (QED) is 0.323. The third-order valence-electron chi connectivity index (χ3n) is 3.17. The van der Waals surface area contributed by atoms with Gasteiger partial charge in [0.05, 0.1) is 0 Å². The van der Waals surface area contributed by atoms with Crippen molar-refractivity contribution >= 4 is 0 Å². The van der Waals surface area contributed by atoms with Gasteiger partial charge in [-0.25, -0.2) is 26.3 Å². The molecule has 0 aliphatic carbocycles. The van der Waals surface area contributed by atoms with Gasteiger partial charge in [-0.1, -0.05) is 19.3 Å². The van der Waals surface area contributed by atoms with E-state index in [0.717, 1.165) is 0 Å². The maximum atomic E-state index is 13.3. The molecule has 0 radical (unpaired) electrons. The first kappa shape index (κ1) is 17.8. The molecular weight excluding hydrogens is 298 g/mol. The summed E-state index contributed by atoms with van der Waals surface area (Å²) in [6.45, 7) is 0. The molecule has 0 saturated heterocycles. The number of aliphatic hydroxyl groups excluding tert-OH is 1. The number of rotatable bonds is 8. The molecule has 0 aromatic heterocycles. The van der Waals surface area contributed by atoms with Crippen molar-refractivity contribution in [3.05, 3.63) is 34.6 Å². The van der Waals surface area contributed by atoms with Gasteiger partial charge in [-0.05, 0) is 19.3 Å². The van der Waals surface area contributed by atoms with E-state index in [-0.39, 0.29) is 19.3 Å². The van der Waals surface area contributed by atoms with E-state index in [2.05, 4.69) is 0 Å². The molecule has 1 unspecified atom stereocenters. The number of unbranched alkanes of at least 4 members (excludes halogenated alkanes) is 4. The van der Waals surface area contributed by atoms with Crippen LogP contribution >= 0.6 is 0 Å². The van der Waals surface area contributed by atoms with E-state index in [9.17, 15) is 26.3 Å². The second-order valence-electron chi connectivity index (χ2n) is 4.79. The fraction of sp³-hybridized carbons (Fsp3) is 0.571. The molecule has 0 saturated carbocycles. The highest BCUT2D eigenvalue weighted by Crippen LogP contribution is 2.24. The number of hydrogen-bond donors (Lipinski definition) is 1. The van der Waals surface area contributed by atoms with Crippen LogP contribution in [-0.4, -0.2) is 11.5 Å². The first-order valence-electron chi connectivity index (χ1n) is 6.68. The van der Waals surface area contributed by atoms with E-state index in [1.807, 2.05) is 0 Å². The Labute approximate surface area is 118 Å². The van der Waals surface area contributed by atoms with Crippen LogP contribution in [0.15, 0.2) is 0 Å². The molecule has 21 heavy (non-hydrogen) atoms. The van der Waals surface area contributed by atoms with Crippen LogP contribution in [0.1, 0.15) is 44.1 Å². The number of aliphatic hydroxyl groups is 1. The monoisotopic (exact) mass is 314 g/mol. The molecule has 1 aromatic carbocycles. The molecule has 0 bridgehead atoms. The van der Waals surface area contributed by atoms with Crippen LogP contribution in [-0.2, 0) is 6.42 Å². The van der Waals surface area contributed by atoms with Crippen molar-refractivity contribution in [3.63, 3.8) is 0 Å². The second-order valence-corrected chi connectivity index (χ2v) is 4.79. The van der Waals surface area contributed by atoms with Crippen molar-refractivity contribution in [1.82, 2.24) is 0 Å². The molecule has 0 amide bonds. The Hall–Kier alpha value is -1.24. The second kappa shape index (κ2) is 8.26. The zero-order chi connectivity index (χ0) is 16.0. The Bertz CT molecular complexity index is 446. The van der Waals surface area contributed by atoms with Crippen molar-refractivity contribution in [3.8, 4) is 0 Å². The zero-order valence-corrected chi connectivity index (χ0v) is 11.2. The Balaban J connectivity index is 2.46. The van der Waals surface area contributed by atoms with Gasteiger partial charge >= 0.3 is 0 Å². The van der Waals surface area contributed by atoms with Crippen molar-refractivity contribution < 1.29 is 31.4 Å². The molecular formula is C14H16F6O. The molecule has 1 aromatic rings. The molecule has 1 N–H and O–H groups in total. The predicted octanol–water partition coefficient (Wildman–Crippen LogP) is 4.55. The van der Waals surface area contributed by atoms with E-state index in [0.29, 0.717) is 25.7 Å². The smallest absolute Gasteiger partial charge is 0.200 e. The summed E-state index contributed by atoms with van der Waals surface area (Å²) in [6.07, 6.45) is 0.423. The van der Waals surface area contributed by atoms with Gasteiger partial charge in [0, 0.05) is 12.0 Å². The van der Waals surface area contributed by atoms with Crippen LogP contribution < -0.4 is 0 Å². The summed E-state index contributed by atoms with van der Waals surface area (Å²) in [6, 6.07) is 0. The number of halogens is 6. The topological polar surface area (TPSA) is 20.2 Å². The normalized spacial score (nSPS) is 12.7. The first-order valence-corrected chi connectivity index (χ1v) is 6.68. The summed E-state index contributed by atoms with van der Waals surface area (Å²) in [4.78, 5) is 0. The minimum atomic E-state index is -2.15. The molecule has 0 fully saturated rings. The third-order valence-corrected chi connectivity index (χ3v) is 3.17. The number of hydrogen-bond acceptors (Lipinski definition) is 1. The maximum absolute atomic E-state index is 13.3. The van der Waals surface area contributed by atoms with Crippen LogP contribution in [0.5, 0.6) is 0 Å². The average Bonchev–Trinajstić information content (AvgIpc) is 2.45. The predicted molar refractivity (Wildman–Crippen MR) is 64.8 cm³/mol. The van der Waals surface area contributed by atoms with Gasteiger partial charge < -0.3 is 5.11 Å². The van der Waals surface area contributed by atoms with Crippen molar-refractivity contribution in [2.75, 3.05) is 0 Å². The van der Waals surface area contributed by atoms with Crippen molar-refractivity contribution in [2.24, 2.45) is 0 Å². The average molecular weight is 314 g/mol. The molecule has 120 valence electrons. The van der Waals surface area contributed by atoms with E-state index in [1.54, 1.807) is 0 Å². The van der Waals surface area contributed by atoms with E-state index in [4.69, 9.17) is 5.11 Å². The minimum Gasteiger partial charge on any atom is -0.364 e. The molecule has 0 spiro atoms. The summed E-state index contributed by atoms with van der Waals surface area (Å²) in [5, 5.41) is 8.39. The molecule has 1 rings (SSSR count). The highest BCUT2D eigenvalue weighted by Gasteiger charge is 2.24. The minimum absolute atomic E-state index is 0.0254. The van der Waals surface area contributed by atoms with Gasteiger partial charge in [-0.15, -0.1) is 0 Å². The highest BCUT2D eigenvalue weighted by molar-refractivity contribution is 5.24. The first-order chi connectivity index (χ1) is 9.86. The van der Waals surface area contributed by atoms with Crippen LogP contribution in [0.3, 0.4) is 0 Å². The van der Waals surface area contributed by atoms with Gasteiger partial charge in [0.25, 0.3) is 0 Å². The van der Waals surface area contributed by atoms with Gasteiger partial charge in [-0.3, -0.25) is 0 Å². The lowest BCUT2D eigenvalue weighted by Gasteiger charge is -2.08. The van der Waals surface area contributed by atoms with Gasteiger partial charge in [-0.2, -0.15) is 0 Å². The van der Waals surface area contributed by atoms with E-state index < -0.39 is 41.0 Å². The summed E-state index contributed by atoms with van der Waals surface area (Å²) >= 11 is 0. The summed E-state index contributed by atoms with van der Waals surface area (Å²) in [5.74, 6) is -9.58. The fourth-order valence-corrected chi connectivity index (χ4v) is 2.01. The lowest BCUT2D eigenvalue weighted by molar-refractivity contribution is 0.0323. The van der Waals surface area contributed by atoms with Crippen LogP contribution in [0, 0.1) is 29.1 Å². The molecule has 0 aliphatic heterocycles. The molecule has 1 nitrogen and oxygen atoms in total. The van der Waals surface area contributed by atoms with Crippen LogP contribution in [0.2, 0.25) is 0 Å². The zero-order valence-electron chi connectivity index (χ0n) is 11.2. The standard InChI is InChI=1S/C14H16F6O/c15-9(21)7-5-3-1-2-4-6-8-10(16)12(18)14(20)13(19)11(8)17/h9,21H,1-7H2. The van der Waals surface area contributed by atoms with Gasteiger partial charge in [0.1, 0.15) is 0 Å². The fourth-order valence-electron chi connectivity index (χ4n) is 2.01. The summed E-state index contributed by atoms with van der Waals surface area (Å²) < 4.78 is 77.4. The molecule has 1 atom stereocenters. The van der Waals surface area contributed by atoms with Crippen molar-refractivity contribution in [2.45, 2.75) is 51.3 Å². The largest absolute Gasteiger partial charge is 0.364 e. The Morgan fingerprint density at radius 2 is 1.10 bits per heavy atom. The molecule has 7 heteroatoms. The Kier molecular flexibility index (Phi) is 7.01. The molecule has 0 heterocycles. The summed E-state index contributed by atoms with van der Waals surface area (Å²) in [5.41, 5.74) is -0.800. The lowest BCUT2D eigenvalue weighted by atomic mass is 10.0. The Morgan fingerprint density at radius 1 is 0.667 bits per heavy atom. The highest BCUT2D eigenvalue weighted by atomic mass is 19.2. The van der Waals surface area contributed by atoms with Crippen LogP contribution in [0.25, 0.3) is 0 Å². The van der Waals surface area contributed by atoms with Crippen molar-refractivity contribution in [1.29, 1.82) is 0 Å². The van der Waals surface area contributed by atoms with E-state index >= 15 is 0 Å². The van der Waals surface area contributed by atoms with Gasteiger partial charge in [0.15, 0.2) is 29.6 Å². The maximum Gasteiger partial charge on any atom is 0.200 e. The SMILES string of the molecule is OC(F)CCCCCCCc1c(F)c(F)c(F)c(F)c1F. The number of benzene rings is 1. The van der Waals surface area contributed by atoms with Crippen LogP contribution in [0.4, 0.5) is 26.3 Å². The Morgan fingerprint density at radius 3 is 1.62 bits per heavy atom. The third kappa shape index (κ3) is 4.91. The lowest BCUT2D eigenvalue weighted by Crippen LogP contribution is -2.07.